The third kappa shape index (κ3) is 2.27. The third-order valence-electron chi connectivity index (χ3n) is 3.86. The third-order valence-corrected chi connectivity index (χ3v) is 3.86. The molecule has 4 heteroatoms. The molecule has 1 aliphatic heterocycles. The second-order valence-corrected chi connectivity index (χ2v) is 4.97. The summed E-state index contributed by atoms with van der Waals surface area (Å²) in [6.45, 7) is 6.06. The van der Waals surface area contributed by atoms with E-state index in [0.717, 1.165) is 37.6 Å². The summed E-state index contributed by atoms with van der Waals surface area (Å²) >= 11 is 0. The fraction of sp³-hybridized carbons (Fsp3) is 0.467. The highest BCUT2D eigenvalue weighted by Gasteiger charge is 2.26. The van der Waals surface area contributed by atoms with Crippen molar-refractivity contribution in [3.63, 3.8) is 0 Å². The van der Waals surface area contributed by atoms with Gasteiger partial charge in [0.05, 0.1) is 19.3 Å². The van der Waals surface area contributed by atoms with Crippen LogP contribution in [0.5, 0.6) is 0 Å². The quantitative estimate of drug-likeness (QED) is 0.918. The van der Waals surface area contributed by atoms with Crippen LogP contribution in [0.4, 0.5) is 0 Å². The minimum absolute atomic E-state index is 0.215. The number of para-hydroxylation sites is 1. The van der Waals surface area contributed by atoms with Gasteiger partial charge in [0.2, 0.25) is 0 Å². The van der Waals surface area contributed by atoms with Crippen molar-refractivity contribution in [1.29, 1.82) is 0 Å². The first kappa shape index (κ1) is 12.7. The van der Waals surface area contributed by atoms with Crippen molar-refractivity contribution in [2.45, 2.75) is 13.0 Å². The van der Waals surface area contributed by atoms with E-state index < -0.39 is 0 Å². The van der Waals surface area contributed by atoms with Gasteiger partial charge in [-0.15, -0.1) is 0 Å². The standard InChI is InChI=1S/C15H20N2O2/c1-11-15(12-4-2-3-5-14(12)19-11)13(10-16)17-6-8-18-9-7-17/h2-5,13H,6-10,16H2,1H3. The van der Waals surface area contributed by atoms with Crippen molar-refractivity contribution in [3.05, 3.63) is 35.6 Å². The second kappa shape index (κ2) is 5.33. The normalized spacial score (nSPS) is 18.8. The van der Waals surface area contributed by atoms with Gasteiger partial charge in [-0.1, -0.05) is 18.2 Å². The van der Waals surface area contributed by atoms with Crippen molar-refractivity contribution >= 4 is 11.0 Å². The summed E-state index contributed by atoms with van der Waals surface area (Å²) in [5.74, 6) is 0.975. The molecular formula is C15H20N2O2. The van der Waals surface area contributed by atoms with Crippen molar-refractivity contribution in [3.8, 4) is 0 Å². The predicted molar refractivity (Wildman–Crippen MR) is 75.1 cm³/mol. The van der Waals surface area contributed by atoms with E-state index in [0.29, 0.717) is 6.54 Å². The first-order chi connectivity index (χ1) is 9.31. The monoisotopic (exact) mass is 260 g/mol. The topological polar surface area (TPSA) is 51.6 Å². The van der Waals surface area contributed by atoms with Crippen LogP contribution >= 0.6 is 0 Å². The highest BCUT2D eigenvalue weighted by atomic mass is 16.5. The summed E-state index contributed by atoms with van der Waals surface area (Å²) in [5.41, 5.74) is 8.21. The molecular weight excluding hydrogens is 240 g/mol. The molecule has 1 aromatic carbocycles. The number of fused-ring (bicyclic) bond motifs is 1. The molecule has 19 heavy (non-hydrogen) atoms. The van der Waals surface area contributed by atoms with Gasteiger partial charge in [0.25, 0.3) is 0 Å². The maximum atomic E-state index is 6.03. The molecule has 102 valence electrons. The Balaban J connectivity index is 2.02. The van der Waals surface area contributed by atoms with E-state index in [4.69, 9.17) is 14.9 Å². The molecule has 0 amide bonds. The van der Waals surface area contributed by atoms with Crippen molar-refractivity contribution in [1.82, 2.24) is 4.90 Å². The molecule has 0 aliphatic carbocycles. The van der Waals surface area contributed by atoms with Crippen molar-refractivity contribution in [2.75, 3.05) is 32.8 Å². The van der Waals surface area contributed by atoms with Gasteiger partial charge in [-0.25, -0.2) is 0 Å². The second-order valence-electron chi connectivity index (χ2n) is 4.97. The Hall–Kier alpha value is -1.36. The molecule has 0 saturated carbocycles. The fourth-order valence-corrected chi connectivity index (χ4v) is 2.94. The van der Waals surface area contributed by atoms with Gasteiger partial charge < -0.3 is 14.9 Å². The average Bonchev–Trinajstić information content (AvgIpc) is 2.78. The summed E-state index contributed by atoms with van der Waals surface area (Å²) in [6, 6.07) is 8.39. The van der Waals surface area contributed by atoms with Crippen LogP contribution in [-0.2, 0) is 4.74 Å². The molecule has 1 fully saturated rings. The number of nitrogens with zero attached hydrogens (tertiary/aromatic N) is 1. The molecule has 0 bridgehead atoms. The van der Waals surface area contributed by atoms with Crippen LogP contribution in [0.25, 0.3) is 11.0 Å². The van der Waals surface area contributed by atoms with E-state index in [2.05, 4.69) is 11.0 Å². The molecule has 2 N–H and O–H groups in total. The van der Waals surface area contributed by atoms with Gasteiger partial charge in [-0.3, -0.25) is 4.90 Å². The van der Waals surface area contributed by atoms with E-state index in [-0.39, 0.29) is 6.04 Å². The van der Waals surface area contributed by atoms with Crippen LogP contribution in [0.15, 0.2) is 28.7 Å². The first-order valence-electron chi connectivity index (χ1n) is 6.81. The minimum Gasteiger partial charge on any atom is -0.461 e. The summed E-state index contributed by atoms with van der Waals surface area (Å²) in [6.07, 6.45) is 0. The number of aryl methyl sites for hydroxylation is 1. The number of morpholine rings is 1. The van der Waals surface area contributed by atoms with E-state index in [9.17, 15) is 0 Å². The molecule has 1 saturated heterocycles. The predicted octanol–water partition coefficient (Wildman–Crippen LogP) is 2.07. The van der Waals surface area contributed by atoms with Crippen LogP contribution < -0.4 is 5.73 Å². The lowest BCUT2D eigenvalue weighted by Gasteiger charge is -2.33. The Morgan fingerprint density at radius 3 is 2.74 bits per heavy atom. The molecule has 0 spiro atoms. The van der Waals surface area contributed by atoms with Crippen LogP contribution in [0.3, 0.4) is 0 Å². The molecule has 1 aliphatic rings. The molecule has 1 unspecified atom stereocenters. The zero-order valence-corrected chi connectivity index (χ0v) is 11.3. The summed E-state index contributed by atoms with van der Waals surface area (Å²) < 4.78 is 11.3. The zero-order chi connectivity index (χ0) is 13.2. The van der Waals surface area contributed by atoms with Crippen LogP contribution in [0.1, 0.15) is 17.4 Å². The zero-order valence-electron chi connectivity index (χ0n) is 11.3. The lowest BCUT2D eigenvalue weighted by atomic mass is 10.0. The molecule has 1 aromatic heterocycles. The minimum atomic E-state index is 0.215. The van der Waals surface area contributed by atoms with Gasteiger partial charge in [0, 0.05) is 30.6 Å². The molecule has 4 nitrogen and oxygen atoms in total. The number of nitrogens with two attached hydrogens (primary N) is 1. The van der Waals surface area contributed by atoms with Crippen molar-refractivity contribution < 1.29 is 9.15 Å². The van der Waals surface area contributed by atoms with E-state index in [1.165, 1.54) is 10.9 Å². The van der Waals surface area contributed by atoms with E-state index in [1.807, 2.05) is 25.1 Å². The summed E-state index contributed by atoms with van der Waals surface area (Å²) in [4.78, 5) is 2.40. The van der Waals surface area contributed by atoms with Crippen LogP contribution in [0.2, 0.25) is 0 Å². The number of furan rings is 1. The van der Waals surface area contributed by atoms with Gasteiger partial charge in [-0.05, 0) is 13.0 Å². The van der Waals surface area contributed by atoms with Crippen LogP contribution in [0, 0.1) is 6.92 Å². The van der Waals surface area contributed by atoms with Gasteiger partial charge in [-0.2, -0.15) is 0 Å². The van der Waals surface area contributed by atoms with Gasteiger partial charge in [0.1, 0.15) is 11.3 Å². The average molecular weight is 260 g/mol. The molecule has 2 heterocycles. The summed E-state index contributed by atoms with van der Waals surface area (Å²) in [5, 5.41) is 1.18. The lowest BCUT2D eigenvalue weighted by Crippen LogP contribution is -2.41. The number of hydrogen-bond donors (Lipinski definition) is 1. The Bertz CT molecular complexity index is 558. The number of ether oxygens (including phenoxy) is 1. The lowest BCUT2D eigenvalue weighted by molar-refractivity contribution is 0.0178. The molecule has 1 atom stereocenters. The maximum absolute atomic E-state index is 6.03. The maximum Gasteiger partial charge on any atom is 0.134 e. The molecule has 0 radical (unpaired) electrons. The van der Waals surface area contributed by atoms with Crippen LogP contribution in [-0.4, -0.2) is 37.7 Å². The number of benzene rings is 1. The Kier molecular flexibility index (Phi) is 3.55. The Morgan fingerprint density at radius 1 is 1.26 bits per heavy atom. The van der Waals surface area contributed by atoms with Gasteiger partial charge in [0.15, 0.2) is 0 Å². The smallest absolute Gasteiger partial charge is 0.134 e. The van der Waals surface area contributed by atoms with Gasteiger partial charge >= 0.3 is 0 Å². The Morgan fingerprint density at radius 2 is 2.00 bits per heavy atom. The number of rotatable bonds is 3. The Labute approximate surface area is 113 Å². The van der Waals surface area contributed by atoms with Crippen molar-refractivity contribution in [2.24, 2.45) is 5.73 Å². The van der Waals surface area contributed by atoms with E-state index >= 15 is 0 Å². The molecule has 2 aromatic rings. The molecule has 3 rings (SSSR count). The fourth-order valence-electron chi connectivity index (χ4n) is 2.94. The SMILES string of the molecule is Cc1oc2ccccc2c1C(CN)N1CCOCC1. The number of hydrogen-bond acceptors (Lipinski definition) is 4. The largest absolute Gasteiger partial charge is 0.461 e. The first-order valence-corrected chi connectivity index (χ1v) is 6.81. The highest BCUT2D eigenvalue weighted by Crippen LogP contribution is 2.33. The van der Waals surface area contributed by atoms with E-state index in [1.54, 1.807) is 0 Å². The summed E-state index contributed by atoms with van der Waals surface area (Å²) in [7, 11) is 0. The highest BCUT2D eigenvalue weighted by molar-refractivity contribution is 5.82.